The number of methoxy groups -OCH3 is 1. The number of amides is 1. The number of esters is 1. The van der Waals surface area contributed by atoms with E-state index in [9.17, 15) is 9.59 Å². The van der Waals surface area contributed by atoms with Crippen molar-refractivity contribution in [3.05, 3.63) is 59.2 Å². The van der Waals surface area contributed by atoms with Gasteiger partial charge in [-0.05, 0) is 55.3 Å². The van der Waals surface area contributed by atoms with Crippen LogP contribution >= 0.6 is 0 Å². The third kappa shape index (κ3) is 6.12. The predicted octanol–water partition coefficient (Wildman–Crippen LogP) is 2.66. The quantitative estimate of drug-likeness (QED) is 0.581. The summed E-state index contributed by atoms with van der Waals surface area (Å²) in [5, 5.41) is 2.51. The fourth-order valence-electron chi connectivity index (χ4n) is 2.40. The molecule has 0 radical (unpaired) electrons. The van der Waals surface area contributed by atoms with E-state index in [1.807, 2.05) is 26.0 Å². The van der Waals surface area contributed by atoms with E-state index in [-0.39, 0.29) is 25.7 Å². The Morgan fingerprint density at radius 1 is 0.962 bits per heavy atom. The lowest BCUT2D eigenvalue weighted by atomic mass is 10.1. The molecule has 0 atom stereocenters. The summed E-state index contributed by atoms with van der Waals surface area (Å²) >= 11 is 0. The average molecular weight is 357 g/mol. The van der Waals surface area contributed by atoms with Gasteiger partial charge in [0.25, 0.3) is 5.91 Å². The molecule has 2 aromatic carbocycles. The lowest BCUT2D eigenvalue weighted by molar-refractivity contribution is -0.143. The van der Waals surface area contributed by atoms with Crippen LogP contribution < -0.4 is 14.8 Å². The van der Waals surface area contributed by atoms with Gasteiger partial charge in [-0.25, -0.2) is 0 Å². The Hall–Kier alpha value is -3.02. The summed E-state index contributed by atoms with van der Waals surface area (Å²) < 4.78 is 15.7. The molecule has 6 nitrogen and oxygen atoms in total. The van der Waals surface area contributed by atoms with Crippen molar-refractivity contribution in [1.82, 2.24) is 5.32 Å². The van der Waals surface area contributed by atoms with Crippen LogP contribution in [0.4, 0.5) is 0 Å². The maximum atomic E-state index is 12.0. The number of hydrogen-bond donors (Lipinski definition) is 1. The van der Waals surface area contributed by atoms with Gasteiger partial charge in [0.15, 0.2) is 0 Å². The maximum absolute atomic E-state index is 12.0. The summed E-state index contributed by atoms with van der Waals surface area (Å²) in [6, 6.07) is 12.6. The van der Waals surface area contributed by atoms with Gasteiger partial charge in [-0.3, -0.25) is 9.59 Å². The molecule has 0 aromatic heterocycles. The van der Waals surface area contributed by atoms with Gasteiger partial charge in [0, 0.05) is 5.56 Å². The summed E-state index contributed by atoms with van der Waals surface area (Å²) in [6.07, 6.45) is 0. The molecule has 0 heterocycles. The summed E-state index contributed by atoms with van der Waals surface area (Å²) in [7, 11) is 1.52. The summed E-state index contributed by atoms with van der Waals surface area (Å²) in [5.74, 6) is 0.422. The number of nitrogens with one attached hydrogen (secondary N) is 1. The minimum absolute atomic E-state index is 0.112. The minimum atomic E-state index is -0.523. The second-order valence-corrected chi connectivity index (χ2v) is 5.81. The van der Waals surface area contributed by atoms with Gasteiger partial charge in [-0.1, -0.05) is 12.1 Å². The lowest BCUT2D eigenvalue weighted by Gasteiger charge is -2.10. The van der Waals surface area contributed by atoms with E-state index in [1.165, 1.54) is 7.11 Å². The molecule has 0 aliphatic heterocycles. The van der Waals surface area contributed by atoms with Crippen molar-refractivity contribution in [3.63, 3.8) is 0 Å². The van der Waals surface area contributed by atoms with Gasteiger partial charge in [-0.15, -0.1) is 0 Å². The smallest absolute Gasteiger partial charge is 0.325 e. The predicted molar refractivity (Wildman–Crippen MR) is 97.7 cm³/mol. The van der Waals surface area contributed by atoms with Crippen molar-refractivity contribution >= 4 is 11.9 Å². The summed E-state index contributed by atoms with van der Waals surface area (Å²) in [4.78, 5) is 23.7. The second kappa shape index (κ2) is 9.46. The summed E-state index contributed by atoms with van der Waals surface area (Å²) in [5.41, 5.74) is 2.63. The molecule has 0 spiro atoms. The Balaban J connectivity index is 1.69. The second-order valence-electron chi connectivity index (χ2n) is 5.81. The van der Waals surface area contributed by atoms with Crippen molar-refractivity contribution < 1.29 is 23.8 Å². The third-order valence-corrected chi connectivity index (χ3v) is 3.54. The Kier molecular flexibility index (Phi) is 7.02. The maximum Gasteiger partial charge on any atom is 0.325 e. The molecule has 0 aliphatic carbocycles. The van der Waals surface area contributed by atoms with Crippen molar-refractivity contribution in [3.8, 4) is 11.5 Å². The SMILES string of the molecule is COc1cccc(C(=O)NCC(=O)OCCOc2cc(C)cc(C)c2)c1. The van der Waals surface area contributed by atoms with Crippen LogP contribution in [0.5, 0.6) is 11.5 Å². The van der Waals surface area contributed by atoms with Crippen molar-refractivity contribution in [2.45, 2.75) is 13.8 Å². The molecule has 0 aliphatic rings. The molecule has 0 fully saturated rings. The standard InChI is InChI=1S/C20H23NO5/c1-14-9-15(2)11-18(10-14)25-7-8-26-19(22)13-21-20(23)16-5-4-6-17(12-16)24-3/h4-6,9-12H,7-8,13H2,1-3H3,(H,21,23). The van der Waals surface area contributed by atoms with Crippen molar-refractivity contribution in [2.24, 2.45) is 0 Å². The van der Waals surface area contributed by atoms with Gasteiger partial charge >= 0.3 is 5.97 Å². The zero-order valence-electron chi connectivity index (χ0n) is 15.2. The van der Waals surface area contributed by atoms with E-state index in [2.05, 4.69) is 11.4 Å². The average Bonchev–Trinajstić information content (AvgIpc) is 2.62. The largest absolute Gasteiger partial charge is 0.497 e. The number of ether oxygens (including phenoxy) is 3. The Bertz CT molecular complexity index is 752. The molecular formula is C20H23NO5. The molecule has 26 heavy (non-hydrogen) atoms. The molecule has 0 unspecified atom stereocenters. The molecule has 2 aromatic rings. The van der Waals surface area contributed by atoms with Crippen LogP contribution in [-0.4, -0.2) is 38.7 Å². The highest BCUT2D eigenvalue weighted by Gasteiger charge is 2.09. The number of carbonyl (C=O) groups excluding carboxylic acids is 2. The minimum Gasteiger partial charge on any atom is -0.497 e. The van der Waals surface area contributed by atoms with E-state index in [0.29, 0.717) is 11.3 Å². The molecule has 0 saturated carbocycles. The number of rotatable bonds is 8. The van der Waals surface area contributed by atoms with E-state index >= 15 is 0 Å². The topological polar surface area (TPSA) is 73.9 Å². The highest BCUT2D eigenvalue weighted by atomic mass is 16.6. The highest BCUT2D eigenvalue weighted by Crippen LogP contribution is 2.16. The van der Waals surface area contributed by atoms with Crippen LogP contribution in [0.15, 0.2) is 42.5 Å². The van der Waals surface area contributed by atoms with E-state index in [1.54, 1.807) is 24.3 Å². The molecule has 1 amide bonds. The first-order chi connectivity index (χ1) is 12.5. The van der Waals surface area contributed by atoms with Crippen molar-refractivity contribution in [2.75, 3.05) is 26.9 Å². The first-order valence-corrected chi connectivity index (χ1v) is 8.27. The Labute approximate surface area is 153 Å². The van der Waals surface area contributed by atoms with Crippen LogP contribution in [-0.2, 0) is 9.53 Å². The summed E-state index contributed by atoms with van der Waals surface area (Å²) in [6.45, 7) is 4.13. The van der Waals surface area contributed by atoms with Crippen LogP contribution in [0.25, 0.3) is 0 Å². The van der Waals surface area contributed by atoms with Gasteiger partial charge in [0.05, 0.1) is 7.11 Å². The number of aryl methyl sites for hydroxylation is 2. The molecule has 1 N–H and O–H groups in total. The molecular weight excluding hydrogens is 334 g/mol. The van der Waals surface area contributed by atoms with Gasteiger partial charge in [-0.2, -0.15) is 0 Å². The fraction of sp³-hybridized carbons (Fsp3) is 0.300. The van der Waals surface area contributed by atoms with Gasteiger partial charge in [0.1, 0.15) is 31.3 Å². The van der Waals surface area contributed by atoms with Crippen molar-refractivity contribution in [1.29, 1.82) is 0 Å². The monoisotopic (exact) mass is 357 g/mol. The van der Waals surface area contributed by atoms with E-state index in [4.69, 9.17) is 14.2 Å². The molecule has 0 saturated heterocycles. The van der Waals surface area contributed by atoms with Crippen LogP contribution in [0.3, 0.4) is 0 Å². The molecule has 0 bridgehead atoms. The Morgan fingerprint density at radius 2 is 1.69 bits per heavy atom. The van der Waals surface area contributed by atoms with Crippen LogP contribution in [0, 0.1) is 13.8 Å². The fourth-order valence-corrected chi connectivity index (χ4v) is 2.40. The molecule has 6 heteroatoms. The van der Waals surface area contributed by atoms with Crippen LogP contribution in [0.2, 0.25) is 0 Å². The van der Waals surface area contributed by atoms with Gasteiger partial charge < -0.3 is 19.5 Å². The molecule has 2 rings (SSSR count). The molecule has 138 valence electrons. The zero-order chi connectivity index (χ0) is 18.9. The number of hydrogen-bond acceptors (Lipinski definition) is 5. The highest BCUT2D eigenvalue weighted by molar-refractivity contribution is 5.96. The number of benzene rings is 2. The normalized spacial score (nSPS) is 10.1. The lowest BCUT2D eigenvalue weighted by Crippen LogP contribution is -2.31. The van der Waals surface area contributed by atoms with E-state index < -0.39 is 5.97 Å². The third-order valence-electron chi connectivity index (χ3n) is 3.54. The van der Waals surface area contributed by atoms with Crippen LogP contribution in [0.1, 0.15) is 21.5 Å². The first kappa shape index (κ1) is 19.3. The zero-order valence-corrected chi connectivity index (χ0v) is 15.2. The Morgan fingerprint density at radius 3 is 2.38 bits per heavy atom. The number of carbonyl (C=O) groups is 2. The van der Waals surface area contributed by atoms with E-state index in [0.717, 1.165) is 16.9 Å². The van der Waals surface area contributed by atoms with Gasteiger partial charge in [0.2, 0.25) is 0 Å². The first-order valence-electron chi connectivity index (χ1n) is 8.27.